The number of rotatable bonds is 2. The lowest BCUT2D eigenvalue weighted by atomic mass is 9.96. The number of hydrogen-bond acceptors (Lipinski definition) is 2. The van der Waals surface area contributed by atoms with Crippen LogP contribution in [-0.4, -0.2) is 12.0 Å². The maximum Gasteiger partial charge on any atom is 0.0896 e. The standard InChI is InChI=1S/C5H10OS/c7-4-6-5-2-1-3-5/h5,7H,1-4H2. The topological polar surface area (TPSA) is 9.23 Å². The molecule has 0 aromatic heterocycles. The SMILES string of the molecule is SCOC1CCC1. The van der Waals surface area contributed by atoms with Crippen molar-refractivity contribution in [1.82, 2.24) is 0 Å². The fraction of sp³-hybridized carbons (Fsp3) is 1.00. The van der Waals surface area contributed by atoms with Gasteiger partial charge in [0.2, 0.25) is 0 Å². The molecule has 0 aliphatic heterocycles. The molecule has 0 amide bonds. The lowest BCUT2D eigenvalue weighted by Gasteiger charge is -2.24. The van der Waals surface area contributed by atoms with Gasteiger partial charge in [-0.05, 0) is 19.3 Å². The summed E-state index contributed by atoms with van der Waals surface area (Å²) in [4.78, 5) is 0. The minimum Gasteiger partial charge on any atom is -0.368 e. The van der Waals surface area contributed by atoms with E-state index in [0.717, 1.165) is 0 Å². The van der Waals surface area contributed by atoms with Gasteiger partial charge in [0.25, 0.3) is 0 Å². The van der Waals surface area contributed by atoms with E-state index >= 15 is 0 Å². The molecule has 0 radical (unpaired) electrons. The van der Waals surface area contributed by atoms with Crippen LogP contribution in [0.25, 0.3) is 0 Å². The Balaban J connectivity index is 1.93. The van der Waals surface area contributed by atoms with Crippen molar-refractivity contribution in [2.45, 2.75) is 25.4 Å². The van der Waals surface area contributed by atoms with Crippen LogP contribution in [0.2, 0.25) is 0 Å². The summed E-state index contributed by atoms with van der Waals surface area (Å²) >= 11 is 3.93. The molecular formula is C5H10OS. The van der Waals surface area contributed by atoms with Gasteiger partial charge in [0.15, 0.2) is 0 Å². The van der Waals surface area contributed by atoms with Crippen LogP contribution in [0.15, 0.2) is 0 Å². The summed E-state index contributed by atoms with van der Waals surface area (Å²) in [6.07, 6.45) is 4.40. The number of hydrogen-bond donors (Lipinski definition) is 1. The van der Waals surface area contributed by atoms with Crippen LogP contribution in [0.5, 0.6) is 0 Å². The van der Waals surface area contributed by atoms with E-state index in [1.165, 1.54) is 19.3 Å². The Morgan fingerprint density at radius 2 is 2.29 bits per heavy atom. The maximum absolute atomic E-state index is 5.14. The van der Waals surface area contributed by atoms with Crippen molar-refractivity contribution in [3.63, 3.8) is 0 Å². The first-order chi connectivity index (χ1) is 3.43. The van der Waals surface area contributed by atoms with E-state index in [4.69, 9.17) is 4.74 Å². The molecule has 1 rings (SSSR count). The van der Waals surface area contributed by atoms with Crippen molar-refractivity contribution >= 4 is 12.6 Å². The predicted molar refractivity (Wildman–Crippen MR) is 32.6 cm³/mol. The summed E-state index contributed by atoms with van der Waals surface area (Å²) in [6.45, 7) is 0. The molecule has 0 unspecified atom stereocenters. The molecule has 0 saturated heterocycles. The van der Waals surface area contributed by atoms with E-state index < -0.39 is 0 Å². The van der Waals surface area contributed by atoms with Gasteiger partial charge >= 0.3 is 0 Å². The summed E-state index contributed by atoms with van der Waals surface area (Å²) in [6, 6.07) is 0. The molecular weight excluding hydrogens is 108 g/mol. The largest absolute Gasteiger partial charge is 0.368 e. The molecule has 0 aromatic rings. The van der Waals surface area contributed by atoms with E-state index in [-0.39, 0.29) is 0 Å². The van der Waals surface area contributed by atoms with Crippen LogP contribution in [0.3, 0.4) is 0 Å². The van der Waals surface area contributed by atoms with E-state index in [1.807, 2.05) is 0 Å². The normalized spacial score (nSPS) is 21.9. The summed E-state index contributed by atoms with van der Waals surface area (Å²) < 4.78 is 5.14. The first kappa shape index (κ1) is 5.45. The highest BCUT2D eigenvalue weighted by Crippen LogP contribution is 2.21. The summed E-state index contributed by atoms with van der Waals surface area (Å²) in [5.74, 6) is 0.588. The molecule has 1 aliphatic rings. The Morgan fingerprint density at radius 3 is 2.43 bits per heavy atom. The number of ether oxygens (including phenoxy) is 1. The second-order valence-electron chi connectivity index (χ2n) is 1.85. The minimum atomic E-state index is 0.553. The third kappa shape index (κ3) is 1.35. The third-order valence-corrected chi connectivity index (χ3v) is 1.51. The molecule has 1 saturated carbocycles. The van der Waals surface area contributed by atoms with Crippen LogP contribution in [-0.2, 0) is 4.74 Å². The van der Waals surface area contributed by atoms with Gasteiger partial charge in [-0.15, -0.1) is 0 Å². The van der Waals surface area contributed by atoms with Gasteiger partial charge in [-0.2, -0.15) is 12.6 Å². The van der Waals surface area contributed by atoms with Crippen molar-refractivity contribution in [2.24, 2.45) is 0 Å². The first-order valence-electron chi connectivity index (χ1n) is 2.66. The van der Waals surface area contributed by atoms with Gasteiger partial charge in [-0.3, -0.25) is 0 Å². The molecule has 0 spiro atoms. The zero-order valence-electron chi connectivity index (χ0n) is 4.26. The Labute approximate surface area is 49.5 Å². The average Bonchev–Trinajstić information content (AvgIpc) is 1.55. The molecule has 0 heterocycles. The van der Waals surface area contributed by atoms with Gasteiger partial charge < -0.3 is 4.74 Å². The molecule has 1 aliphatic carbocycles. The predicted octanol–water partition coefficient (Wildman–Crippen LogP) is 1.44. The van der Waals surface area contributed by atoms with Crippen molar-refractivity contribution in [2.75, 3.05) is 5.94 Å². The molecule has 0 atom stereocenters. The molecule has 7 heavy (non-hydrogen) atoms. The first-order valence-corrected chi connectivity index (χ1v) is 3.29. The lowest BCUT2D eigenvalue weighted by Crippen LogP contribution is -2.20. The zero-order chi connectivity index (χ0) is 5.11. The van der Waals surface area contributed by atoms with Crippen LogP contribution in [0, 0.1) is 0 Å². The summed E-state index contributed by atoms with van der Waals surface area (Å²) in [7, 11) is 0. The van der Waals surface area contributed by atoms with Gasteiger partial charge in [0.05, 0.1) is 12.0 Å². The molecule has 0 N–H and O–H groups in total. The molecule has 42 valence electrons. The molecule has 0 aromatic carbocycles. The summed E-state index contributed by atoms with van der Waals surface area (Å²) in [5, 5.41) is 0. The van der Waals surface area contributed by atoms with Gasteiger partial charge in [0, 0.05) is 0 Å². The van der Waals surface area contributed by atoms with Gasteiger partial charge in [-0.25, -0.2) is 0 Å². The second kappa shape index (κ2) is 2.58. The Bertz CT molecular complexity index is 52.0. The maximum atomic E-state index is 5.14. The van der Waals surface area contributed by atoms with Crippen molar-refractivity contribution < 1.29 is 4.74 Å². The average molecular weight is 118 g/mol. The fourth-order valence-corrected chi connectivity index (χ4v) is 0.854. The third-order valence-electron chi connectivity index (χ3n) is 1.36. The van der Waals surface area contributed by atoms with Crippen molar-refractivity contribution in [3.05, 3.63) is 0 Å². The zero-order valence-corrected chi connectivity index (χ0v) is 5.16. The second-order valence-corrected chi connectivity index (χ2v) is 2.11. The monoisotopic (exact) mass is 118 g/mol. The van der Waals surface area contributed by atoms with Crippen LogP contribution >= 0.6 is 12.6 Å². The highest BCUT2D eigenvalue weighted by Gasteiger charge is 2.16. The van der Waals surface area contributed by atoms with Gasteiger partial charge in [0.1, 0.15) is 0 Å². The summed E-state index contributed by atoms with van der Waals surface area (Å²) in [5.41, 5.74) is 0. The Hall–Kier alpha value is 0.310. The van der Waals surface area contributed by atoms with E-state index in [0.29, 0.717) is 12.0 Å². The lowest BCUT2D eigenvalue weighted by molar-refractivity contribution is 0.0320. The van der Waals surface area contributed by atoms with E-state index in [2.05, 4.69) is 12.6 Å². The van der Waals surface area contributed by atoms with Crippen LogP contribution in [0.1, 0.15) is 19.3 Å². The smallest absolute Gasteiger partial charge is 0.0896 e. The van der Waals surface area contributed by atoms with E-state index in [9.17, 15) is 0 Å². The van der Waals surface area contributed by atoms with Crippen LogP contribution < -0.4 is 0 Å². The Morgan fingerprint density at radius 1 is 1.57 bits per heavy atom. The molecule has 1 fully saturated rings. The van der Waals surface area contributed by atoms with Gasteiger partial charge in [-0.1, -0.05) is 0 Å². The highest BCUT2D eigenvalue weighted by atomic mass is 32.1. The molecule has 1 nitrogen and oxygen atoms in total. The van der Waals surface area contributed by atoms with Crippen molar-refractivity contribution in [3.8, 4) is 0 Å². The quantitative estimate of drug-likeness (QED) is 0.426. The molecule has 2 heteroatoms. The van der Waals surface area contributed by atoms with E-state index in [1.54, 1.807) is 0 Å². The highest BCUT2D eigenvalue weighted by molar-refractivity contribution is 7.80. The molecule has 0 bridgehead atoms. The fourth-order valence-electron chi connectivity index (χ4n) is 0.643. The number of thiol groups is 1. The van der Waals surface area contributed by atoms with Crippen LogP contribution in [0.4, 0.5) is 0 Å². The van der Waals surface area contributed by atoms with Crippen molar-refractivity contribution in [1.29, 1.82) is 0 Å². The minimum absolute atomic E-state index is 0.553. The Kier molecular flexibility index (Phi) is 2.00.